The highest BCUT2D eigenvalue weighted by Crippen LogP contribution is 2.30. The molecule has 0 N–H and O–H groups in total. The van der Waals surface area contributed by atoms with Crippen molar-refractivity contribution >= 4 is 21.9 Å². The SMILES string of the molecule is Cc1ccc2c(c1Br)C(=O)OC(C#N)C2. The minimum atomic E-state index is -0.653. The van der Waals surface area contributed by atoms with Crippen LogP contribution in [0.5, 0.6) is 0 Å². The molecule has 76 valence electrons. The predicted octanol–water partition coefficient (Wildman–Crippen LogP) is 2.36. The van der Waals surface area contributed by atoms with E-state index in [9.17, 15) is 4.79 Å². The topological polar surface area (TPSA) is 50.1 Å². The van der Waals surface area contributed by atoms with Gasteiger partial charge in [0.15, 0.2) is 6.10 Å². The summed E-state index contributed by atoms with van der Waals surface area (Å²) in [5.41, 5.74) is 2.41. The number of aryl methyl sites for hydroxylation is 1. The van der Waals surface area contributed by atoms with Crippen LogP contribution in [0.2, 0.25) is 0 Å². The standard InChI is InChI=1S/C11H8BrNO2/c1-6-2-3-7-4-8(5-13)15-11(14)9(7)10(6)12/h2-3,8H,4H2,1H3. The van der Waals surface area contributed by atoms with E-state index in [1.165, 1.54) is 0 Å². The van der Waals surface area contributed by atoms with Crippen molar-refractivity contribution in [1.82, 2.24) is 0 Å². The zero-order valence-corrected chi connectivity index (χ0v) is 9.67. The van der Waals surface area contributed by atoms with Crippen molar-refractivity contribution in [3.63, 3.8) is 0 Å². The highest BCUT2D eigenvalue weighted by molar-refractivity contribution is 9.10. The molecule has 2 rings (SSSR count). The van der Waals surface area contributed by atoms with Crippen molar-refractivity contribution in [2.45, 2.75) is 19.4 Å². The van der Waals surface area contributed by atoms with E-state index in [1.807, 2.05) is 25.1 Å². The van der Waals surface area contributed by atoms with E-state index < -0.39 is 12.1 Å². The summed E-state index contributed by atoms with van der Waals surface area (Å²) >= 11 is 3.36. The maximum absolute atomic E-state index is 11.6. The third kappa shape index (κ3) is 1.64. The van der Waals surface area contributed by atoms with Gasteiger partial charge in [-0.05, 0) is 34.0 Å². The quantitative estimate of drug-likeness (QED) is 0.677. The highest BCUT2D eigenvalue weighted by Gasteiger charge is 2.28. The van der Waals surface area contributed by atoms with E-state index in [1.54, 1.807) is 0 Å². The Labute approximate surface area is 95.8 Å². The van der Waals surface area contributed by atoms with Gasteiger partial charge in [-0.15, -0.1) is 0 Å². The smallest absolute Gasteiger partial charge is 0.340 e. The number of cyclic esters (lactones) is 1. The maximum atomic E-state index is 11.6. The Bertz CT molecular complexity index is 476. The second-order valence-corrected chi connectivity index (χ2v) is 4.25. The second kappa shape index (κ2) is 3.67. The number of carbonyl (C=O) groups excluding carboxylic acids is 1. The first-order chi connectivity index (χ1) is 7.13. The Morgan fingerprint density at radius 3 is 3.00 bits per heavy atom. The van der Waals surface area contributed by atoms with E-state index in [2.05, 4.69) is 15.9 Å². The van der Waals surface area contributed by atoms with Crippen LogP contribution in [0.15, 0.2) is 16.6 Å². The van der Waals surface area contributed by atoms with Crippen LogP contribution in [0, 0.1) is 18.3 Å². The van der Waals surface area contributed by atoms with Crippen molar-refractivity contribution < 1.29 is 9.53 Å². The molecular formula is C11H8BrNO2. The van der Waals surface area contributed by atoms with Gasteiger partial charge in [-0.3, -0.25) is 0 Å². The predicted molar refractivity (Wildman–Crippen MR) is 57.4 cm³/mol. The summed E-state index contributed by atoms with van der Waals surface area (Å²) in [6, 6.07) is 5.75. The molecule has 0 spiro atoms. The van der Waals surface area contributed by atoms with E-state index in [0.717, 1.165) is 15.6 Å². The first-order valence-electron chi connectivity index (χ1n) is 4.52. The number of halogens is 1. The van der Waals surface area contributed by atoms with Gasteiger partial charge < -0.3 is 4.74 Å². The average molecular weight is 266 g/mol. The summed E-state index contributed by atoms with van der Waals surface area (Å²) in [4.78, 5) is 11.6. The molecule has 1 unspecified atom stereocenters. The van der Waals surface area contributed by atoms with E-state index in [4.69, 9.17) is 10.00 Å². The molecule has 1 aromatic rings. The highest BCUT2D eigenvalue weighted by atomic mass is 79.9. The second-order valence-electron chi connectivity index (χ2n) is 3.46. The normalized spacial score (nSPS) is 19.0. The Kier molecular flexibility index (Phi) is 2.49. The number of hydrogen-bond donors (Lipinski definition) is 0. The molecule has 0 saturated carbocycles. The summed E-state index contributed by atoms with van der Waals surface area (Å²) in [5, 5.41) is 8.72. The van der Waals surface area contributed by atoms with Crippen molar-refractivity contribution in [3.8, 4) is 6.07 Å². The van der Waals surface area contributed by atoms with Crippen LogP contribution in [0.3, 0.4) is 0 Å². The molecule has 0 saturated heterocycles. The molecule has 0 radical (unpaired) electrons. The molecule has 1 heterocycles. The molecule has 0 fully saturated rings. The van der Waals surface area contributed by atoms with Crippen molar-refractivity contribution in [1.29, 1.82) is 5.26 Å². The fourth-order valence-corrected chi connectivity index (χ4v) is 2.16. The Morgan fingerprint density at radius 2 is 2.33 bits per heavy atom. The van der Waals surface area contributed by atoms with Crippen LogP contribution in [0.25, 0.3) is 0 Å². The van der Waals surface area contributed by atoms with E-state index in [-0.39, 0.29) is 0 Å². The van der Waals surface area contributed by atoms with Gasteiger partial charge in [-0.2, -0.15) is 5.26 Å². The van der Waals surface area contributed by atoms with Crippen LogP contribution in [0.1, 0.15) is 21.5 Å². The Hall–Kier alpha value is -1.34. The number of benzene rings is 1. The molecule has 1 aliphatic rings. The zero-order valence-electron chi connectivity index (χ0n) is 8.08. The molecular weight excluding hydrogens is 258 g/mol. The van der Waals surface area contributed by atoms with Crippen molar-refractivity contribution in [2.75, 3.05) is 0 Å². The van der Waals surface area contributed by atoms with E-state index >= 15 is 0 Å². The average Bonchev–Trinajstić information content (AvgIpc) is 2.23. The molecule has 1 aliphatic heterocycles. The summed E-state index contributed by atoms with van der Waals surface area (Å²) in [6.45, 7) is 1.91. The minimum Gasteiger partial charge on any atom is -0.443 e. The fourth-order valence-electron chi connectivity index (χ4n) is 1.61. The molecule has 0 amide bonds. The monoisotopic (exact) mass is 265 g/mol. The fraction of sp³-hybridized carbons (Fsp3) is 0.273. The zero-order chi connectivity index (χ0) is 11.0. The summed E-state index contributed by atoms with van der Waals surface area (Å²) in [5.74, 6) is -0.418. The van der Waals surface area contributed by atoms with Crippen molar-refractivity contribution in [2.24, 2.45) is 0 Å². The lowest BCUT2D eigenvalue weighted by atomic mass is 9.97. The van der Waals surface area contributed by atoms with Gasteiger partial charge in [-0.25, -0.2) is 4.79 Å². The lowest BCUT2D eigenvalue weighted by Gasteiger charge is -2.21. The van der Waals surface area contributed by atoms with Crippen LogP contribution >= 0.6 is 15.9 Å². The van der Waals surface area contributed by atoms with Gasteiger partial charge in [0.2, 0.25) is 0 Å². The first kappa shape index (κ1) is 10.2. The number of carbonyl (C=O) groups is 1. The van der Waals surface area contributed by atoms with Gasteiger partial charge in [0.05, 0.1) is 5.56 Å². The molecule has 4 heteroatoms. The van der Waals surface area contributed by atoms with Crippen LogP contribution < -0.4 is 0 Å². The molecule has 15 heavy (non-hydrogen) atoms. The largest absolute Gasteiger partial charge is 0.443 e. The number of ether oxygens (including phenoxy) is 1. The number of nitriles is 1. The number of rotatable bonds is 0. The number of fused-ring (bicyclic) bond motifs is 1. The van der Waals surface area contributed by atoms with Crippen LogP contribution in [0.4, 0.5) is 0 Å². The van der Waals surface area contributed by atoms with Crippen LogP contribution in [-0.4, -0.2) is 12.1 Å². The Balaban J connectivity index is 2.56. The van der Waals surface area contributed by atoms with Gasteiger partial charge in [0.1, 0.15) is 6.07 Å². The molecule has 0 bridgehead atoms. The molecule has 0 aliphatic carbocycles. The number of nitrogens with zero attached hydrogens (tertiary/aromatic N) is 1. The Morgan fingerprint density at radius 1 is 1.60 bits per heavy atom. The summed E-state index contributed by atoms with van der Waals surface area (Å²) < 4.78 is 5.73. The first-order valence-corrected chi connectivity index (χ1v) is 5.31. The molecule has 1 atom stereocenters. The maximum Gasteiger partial charge on any atom is 0.340 e. The van der Waals surface area contributed by atoms with Gasteiger partial charge >= 0.3 is 5.97 Å². The summed E-state index contributed by atoms with van der Waals surface area (Å²) in [6.07, 6.45) is -0.184. The van der Waals surface area contributed by atoms with Gasteiger partial charge in [0.25, 0.3) is 0 Å². The third-order valence-corrected chi connectivity index (χ3v) is 3.45. The number of hydrogen-bond acceptors (Lipinski definition) is 3. The van der Waals surface area contributed by atoms with E-state index in [0.29, 0.717) is 12.0 Å². The van der Waals surface area contributed by atoms with Gasteiger partial charge in [0, 0.05) is 10.9 Å². The third-order valence-electron chi connectivity index (χ3n) is 2.42. The number of esters is 1. The molecule has 3 nitrogen and oxygen atoms in total. The van der Waals surface area contributed by atoms with Gasteiger partial charge in [-0.1, -0.05) is 12.1 Å². The van der Waals surface area contributed by atoms with Crippen LogP contribution in [-0.2, 0) is 11.2 Å². The molecule has 1 aromatic carbocycles. The molecule has 0 aromatic heterocycles. The minimum absolute atomic E-state index is 0.418. The lowest BCUT2D eigenvalue weighted by Crippen LogP contribution is -2.26. The lowest BCUT2D eigenvalue weighted by molar-refractivity contribution is 0.0369. The van der Waals surface area contributed by atoms with Crippen molar-refractivity contribution in [3.05, 3.63) is 33.3 Å². The summed E-state index contributed by atoms with van der Waals surface area (Å²) in [7, 11) is 0.